The van der Waals surface area contributed by atoms with E-state index in [0.717, 1.165) is 15.4 Å². The second-order valence-corrected chi connectivity index (χ2v) is 3.57. The SMILES string of the molecule is Cn1cc(Br)c2cc(N)ncc21. The predicted molar refractivity (Wildman–Crippen MR) is 52.8 cm³/mol. The zero-order valence-corrected chi connectivity index (χ0v) is 8.17. The number of halogens is 1. The van der Waals surface area contributed by atoms with Gasteiger partial charge in [0.05, 0.1) is 11.7 Å². The first-order valence-corrected chi connectivity index (χ1v) is 4.34. The Morgan fingerprint density at radius 2 is 2.33 bits per heavy atom. The predicted octanol–water partition coefficient (Wildman–Crippen LogP) is 1.92. The molecule has 2 heterocycles. The van der Waals surface area contributed by atoms with Crippen LogP contribution in [0.1, 0.15) is 0 Å². The van der Waals surface area contributed by atoms with Crippen LogP contribution in [0.3, 0.4) is 0 Å². The Kier molecular flexibility index (Phi) is 1.58. The van der Waals surface area contributed by atoms with Crippen LogP contribution in [0.2, 0.25) is 0 Å². The molecule has 0 spiro atoms. The van der Waals surface area contributed by atoms with Crippen molar-refractivity contribution in [1.82, 2.24) is 9.55 Å². The first-order valence-electron chi connectivity index (χ1n) is 3.54. The quantitative estimate of drug-likeness (QED) is 0.745. The first kappa shape index (κ1) is 7.61. The number of nitrogens with two attached hydrogens (primary N) is 1. The van der Waals surface area contributed by atoms with Gasteiger partial charge in [0.2, 0.25) is 0 Å². The number of pyridine rings is 1. The Balaban J connectivity index is 2.90. The van der Waals surface area contributed by atoms with Crippen LogP contribution in [0, 0.1) is 0 Å². The molecule has 2 aromatic heterocycles. The normalized spacial score (nSPS) is 10.8. The van der Waals surface area contributed by atoms with Gasteiger partial charge in [0.15, 0.2) is 0 Å². The maximum absolute atomic E-state index is 5.56. The molecule has 12 heavy (non-hydrogen) atoms. The number of rotatable bonds is 0. The highest BCUT2D eigenvalue weighted by Gasteiger charge is 2.03. The van der Waals surface area contributed by atoms with Crippen molar-refractivity contribution in [3.63, 3.8) is 0 Å². The summed E-state index contributed by atoms with van der Waals surface area (Å²) in [4.78, 5) is 4.02. The molecule has 2 aromatic rings. The van der Waals surface area contributed by atoms with E-state index in [1.54, 1.807) is 6.20 Å². The minimum Gasteiger partial charge on any atom is -0.384 e. The lowest BCUT2D eigenvalue weighted by Gasteiger charge is -1.95. The number of anilines is 1. The summed E-state index contributed by atoms with van der Waals surface area (Å²) < 4.78 is 3.06. The average Bonchev–Trinajstić information content (AvgIpc) is 2.28. The molecule has 2 rings (SSSR count). The largest absolute Gasteiger partial charge is 0.384 e. The summed E-state index contributed by atoms with van der Waals surface area (Å²) in [6, 6.07) is 1.86. The van der Waals surface area contributed by atoms with Crippen molar-refractivity contribution >= 4 is 32.7 Å². The molecule has 0 aromatic carbocycles. The lowest BCUT2D eigenvalue weighted by atomic mass is 10.3. The first-order chi connectivity index (χ1) is 5.68. The van der Waals surface area contributed by atoms with Crippen molar-refractivity contribution in [3.05, 3.63) is 22.9 Å². The standard InChI is InChI=1S/C8H8BrN3/c1-12-4-6(9)5-2-8(10)11-3-7(5)12/h2-4H,1H3,(H2,10,11). The minimum atomic E-state index is 0.550. The van der Waals surface area contributed by atoms with E-state index in [4.69, 9.17) is 5.73 Å². The Hall–Kier alpha value is -1.03. The number of nitrogens with zero attached hydrogens (tertiary/aromatic N) is 2. The molecule has 0 aliphatic rings. The van der Waals surface area contributed by atoms with Crippen LogP contribution in [-0.4, -0.2) is 9.55 Å². The summed E-state index contributed by atoms with van der Waals surface area (Å²) in [7, 11) is 1.98. The van der Waals surface area contributed by atoms with E-state index in [2.05, 4.69) is 20.9 Å². The number of hydrogen-bond acceptors (Lipinski definition) is 2. The zero-order valence-electron chi connectivity index (χ0n) is 6.58. The molecule has 0 radical (unpaired) electrons. The lowest BCUT2D eigenvalue weighted by Crippen LogP contribution is -1.90. The molecule has 2 N–H and O–H groups in total. The van der Waals surface area contributed by atoms with Crippen LogP contribution in [0.15, 0.2) is 22.9 Å². The molecule has 4 heteroatoms. The molecule has 0 aliphatic carbocycles. The lowest BCUT2D eigenvalue weighted by molar-refractivity contribution is 0.963. The van der Waals surface area contributed by atoms with Crippen molar-refractivity contribution in [2.75, 3.05) is 5.73 Å². The minimum absolute atomic E-state index is 0.550. The van der Waals surface area contributed by atoms with E-state index in [0.29, 0.717) is 5.82 Å². The Labute approximate surface area is 78.3 Å². The van der Waals surface area contributed by atoms with Gasteiger partial charge >= 0.3 is 0 Å². The molecule has 0 atom stereocenters. The fraction of sp³-hybridized carbons (Fsp3) is 0.125. The van der Waals surface area contributed by atoms with Gasteiger partial charge < -0.3 is 10.3 Å². The van der Waals surface area contributed by atoms with Crippen molar-refractivity contribution < 1.29 is 0 Å². The van der Waals surface area contributed by atoms with Gasteiger partial charge in [-0.1, -0.05) is 0 Å². The summed E-state index contributed by atoms with van der Waals surface area (Å²) in [6.07, 6.45) is 3.77. The van der Waals surface area contributed by atoms with E-state index in [-0.39, 0.29) is 0 Å². The fourth-order valence-electron chi connectivity index (χ4n) is 1.25. The molecule has 0 unspecified atom stereocenters. The van der Waals surface area contributed by atoms with E-state index < -0.39 is 0 Å². The molecule has 62 valence electrons. The summed E-state index contributed by atoms with van der Waals surface area (Å²) in [6.45, 7) is 0. The van der Waals surface area contributed by atoms with Gasteiger partial charge in [-0.3, -0.25) is 0 Å². The maximum atomic E-state index is 5.56. The van der Waals surface area contributed by atoms with Gasteiger partial charge in [0, 0.05) is 23.1 Å². The van der Waals surface area contributed by atoms with Crippen LogP contribution in [-0.2, 0) is 7.05 Å². The molecule has 0 fully saturated rings. The maximum Gasteiger partial charge on any atom is 0.124 e. The second kappa shape index (κ2) is 2.48. The third kappa shape index (κ3) is 0.992. The highest BCUT2D eigenvalue weighted by atomic mass is 79.9. The molecule has 3 nitrogen and oxygen atoms in total. The van der Waals surface area contributed by atoms with Crippen molar-refractivity contribution in [3.8, 4) is 0 Å². The van der Waals surface area contributed by atoms with Crippen molar-refractivity contribution in [2.45, 2.75) is 0 Å². The highest BCUT2D eigenvalue weighted by Crippen LogP contribution is 2.25. The monoisotopic (exact) mass is 225 g/mol. The van der Waals surface area contributed by atoms with Crippen LogP contribution in [0.4, 0.5) is 5.82 Å². The second-order valence-electron chi connectivity index (χ2n) is 2.71. The van der Waals surface area contributed by atoms with Crippen LogP contribution in [0.5, 0.6) is 0 Å². The Morgan fingerprint density at radius 1 is 1.58 bits per heavy atom. The van der Waals surface area contributed by atoms with Gasteiger partial charge in [0.25, 0.3) is 0 Å². The Bertz CT molecular complexity index is 433. The van der Waals surface area contributed by atoms with Crippen LogP contribution in [0.25, 0.3) is 10.9 Å². The third-order valence-corrected chi connectivity index (χ3v) is 2.48. The molecule has 0 amide bonds. The fourth-order valence-corrected chi connectivity index (χ4v) is 1.87. The third-order valence-electron chi connectivity index (χ3n) is 1.85. The van der Waals surface area contributed by atoms with Crippen LogP contribution < -0.4 is 5.73 Å². The van der Waals surface area contributed by atoms with Gasteiger partial charge in [-0.25, -0.2) is 4.98 Å². The number of nitrogen functional groups attached to an aromatic ring is 1. The molecular formula is C8H8BrN3. The number of hydrogen-bond donors (Lipinski definition) is 1. The molecule has 0 saturated heterocycles. The van der Waals surface area contributed by atoms with Gasteiger partial charge in [-0.05, 0) is 22.0 Å². The zero-order chi connectivity index (χ0) is 8.72. The van der Waals surface area contributed by atoms with Gasteiger partial charge in [0.1, 0.15) is 5.82 Å². The molecular weight excluding hydrogens is 218 g/mol. The average molecular weight is 226 g/mol. The van der Waals surface area contributed by atoms with Gasteiger partial charge in [-0.15, -0.1) is 0 Å². The molecule has 0 bridgehead atoms. The van der Waals surface area contributed by atoms with E-state index >= 15 is 0 Å². The molecule has 0 aliphatic heterocycles. The van der Waals surface area contributed by atoms with E-state index in [1.165, 1.54) is 0 Å². The summed E-state index contributed by atoms with van der Waals surface area (Å²) >= 11 is 3.45. The van der Waals surface area contributed by atoms with Crippen molar-refractivity contribution in [2.24, 2.45) is 7.05 Å². The number of fused-ring (bicyclic) bond motifs is 1. The topological polar surface area (TPSA) is 43.8 Å². The Morgan fingerprint density at radius 3 is 3.08 bits per heavy atom. The van der Waals surface area contributed by atoms with Crippen molar-refractivity contribution in [1.29, 1.82) is 0 Å². The number of aromatic nitrogens is 2. The smallest absolute Gasteiger partial charge is 0.124 e. The van der Waals surface area contributed by atoms with E-state index in [1.807, 2.05) is 23.9 Å². The summed E-state index contributed by atoms with van der Waals surface area (Å²) in [5.74, 6) is 0.550. The van der Waals surface area contributed by atoms with Gasteiger partial charge in [-0.2, -0.15) is 0 Å². The van der Waals surface area contributed by atoms with Crippen LogP contribution >= 0.6 is 15.9 Å². The molecule has 0 saturated carbocycles. The number of aryl methyl sites for hydroxylation is 1. The summed E-state index contributed by atoms with van der Waals surface area (Å²) in [5, 5.41) is 1.10. The highest BCUT2D eigenvalue weighted by molar-refractivity contribution is 9.10. The summed E-state index contributed by atoms with van der Waals surface area (Å²) in [5.41, 5.74) is 6.64. The van der Waals surface area contributed by atoms with E-state index in [9.17, 15) is 0 Å².